The Balaban J connectivity index is 2.42. The Morgan fingerprint density at radius 1 is 1.28 bits per heavy atom. The molecule has 0 radical (unpaired) electrons. The van der Waals surface area contributed by atoms with Crippen molar-refractivity contribution >= 4 is 5.97 Å². The second kappa shape index (κ2) is 7.60. The number of methoxy groups -OCH3 is 1. The number of nitrogens with zero attached hydrogens (tertiary/aromatic N) is 3. The quantitative estimate of drug-likeness (QED) is 0.675. The largest absolute Gasteiger partial charge is 0.475 e. The standard InChI is InChI=1S/C12H19N3O3/c1-4-15(5-2)6-7-18-11-9-13-10(8-14-11)12(16)17-3/h8-9H,4-7H2,1-3H3. The van der Waals surface area contributed by atoms with E-state index >= 15 is 0 Å². The molecule has 0 aliphatic heterocycles. The van der Waals surface area contributed by atoms with E-state index < -0.39 is 5.97 Å². The Hall–Kier alpha value is -1.69. The van der Waals surface area contributed by atoms with E-state index in [0.29, 0.717) is 12.5 Å². The molecule has 0 N–H and O–H groups in total. The van der Waals surface area contributed by atoms with Gasteiger partial charge in [-0.2, -0.15) is 0 Å². The summed E-state index contributed by atoms with van der Waals surface area (Å²) < 4.78 is 9.97. The summed E-state index contributed by atoms with van der Waals surface area (Å²) in [6.45, 7) is 7.59. The van der Waals surface area contributed by atoms with Crippen molar-refractivity contribution in [1.82, 2.24) is 14.9 Å². The molecular weight excluding hydrogens is 234 g/mol. The number of rotatable bonds is 7. The van der Waals surface area contributed by atoms with Crippen LogP contribution in [0.5, 0.6) is 5.88 Å². The van der Waals surface area contributed by atoms with Crippen molar-refractivity contribution in [2.45, 2.75) is 13.8 Å². The molecule has 0 aromatic carbocycles. The summed E-state index contributed by atoms with van der Waals surface area (Å²) >= 11 is 0. The van der Waals surface area contributed by atoms with E-state index in [1.807, 2.05) is 0 Å². The first-order valence-corrected chi connectivity index (χ1v) is 5.96. The van der Waals surface area contributed by atoms with Crippen molar-refractivity contribution in [2.24, 2.45) is 0 Å². The summed E-state index contributed by atoms with van der Waals surface area (Å²) in [5, 5.41) is 0. The van der Waals surface area contributed by atoms with Crippen LogP contribution in [0.2, 0.25) is 0 Å². The minimum absolute atomic E-state index is 0.175. The van der Waals surface area contributed by atoms with E-state index in [-0.39, 0.29) is 5.69 Å². The highest BCUT2D eigenvalue weighted by Gasteiger charge is 2.07. The van der Waals surface area contributed by atoms with Gasteiger partial charge in [0.05, 0.1) is 19.5 Å². The van der Waals surface area contributed by atoms with Crippen molar-refractivity contribution < 1.29 is 14.3 Å². The van der Waals surface area contributed by atoms with Gasteiger partial charge in [-0.05, 0) is 13.1 Å². The van der Waals surface area contributed by atoms with Crippen molar-refractivity contribution in [2.75, 3.05) is 33.4 Å². The SMILES string of the molecule is CCN(CC)CCOc1cnc(C(=O)OC)cn1. The average molecular weight is 253 g/mol. The van der Waals surface area contributed by atoms with E-state index in [2.05, 4.69) is 33.5 Å². The van der Waals surface area contributed by atoms with E-state index in [4.69, 9.17) is 4.74 Å². The minimum atomic E-state index is -0.503. The number of aromatic nitrogens is 2. The van der Waals surface area contributed by atoms with Gasteiger partial charge in [-0.25, -0.2) is 14.8 Å². The molecule has 0 spiro atoms. The van der Waals surface area contributed by atoms with Crippen LogP contribution in [-0.4, -0.2) is 54.2 Å². The highest BCUT2D eigenvalue weighted by molar-refractivity contribution is 5.86. The fourth-order valence-corrected chi connectivity index (χ4v) is 1.42. The van der Waals surface area contributed by atoms with Crippen LogP contribution in [0.1, 0.15) is 24.3 Å². The predicted octanol–water partition coefficient (Wildman–Crippen LogP) is 0.984. The third kappa shape index (κ3) is 4.29. The first-order chi connectivity index (χ1) is 8.71. The van der Waals surface area contributed by atoms with Gasteiger partial charge in [0.2, 0.25) is 5.88 Å². The third-order valence-electron chi connectivity index (χ3n) is 2.57. The molecule has 0 aliphatic rings. The third-order valence-corrected chi connectivity index (χ3v) is 2.57. The van der Waals surface area contributed by atoms with E-state index in [1.165, 1.54) is 19.5 Å². The van der Waals surface area contributed by atoms with Gasteiger partial charge in [0, 0.05) is 6.54 Å². The van der Waals surface area contributed by atoms with Crippen LogP contribution in [0.15, 0.2) is 12.4 Å². The molecule has 1 aromatic heterocycles. The summed E-state index contributed by atoms with van der Waals surface area (Å²) in [4.78, 5) is 21.3. The number of ether oxygens (including phenoxy) is 2. The Bertz CT molecular complexity index is 363. The topological polar surface area (TPSA) is 64.5 Å². The van der Waals surface area contributed by atoms with Gasteiger partial charge in [-0.3, -0.25) is 0 Å². The molecule has 0 bridgehead atoms. The second-order valence-corrected chi connectivity index (χ2v) is 3.61. The van der Waals surface area contributed by atoms with Crippen molar-refractivity contribution in [3.63, 3.8) is 0 Å². The summed E-state index contributed by atoms with van der Waals surface area (Å²) in [6, 6.07) is 0. The smallest absolute Gasteiger partial charge is 0.358 e. The lowest BCUT2D eigenvalue weighted by atomic mass is 10.4. The fourth-order valence-electron chi connectivity index (χ4n) is 1.42. The molecule has 18 heavy (non-hydrogen) atoms. The highest BCUT2D eigenvalue weighted by Crippen LogP contribution is 2.04. The maximum absolute atomic E-state index is 11.1. The molecular formula is C12H19N3O3. The summed E-state index contributed by atoms with van der Waals surface area (Å²) in [7, 11) is 1.30. The zero-order valence-electron chi connectivity index (χ0n) is 11.0. The van der Waals surface area contributed by atoms with Gasteiger partial charge in [0.25, 0.3) is 0 Å². The van der Waals surface area contributed by atoms with E-state index in [9.17, 15) is 4.79 Å². The van der Waals surface area contributed by atoms with Gasteiger partial charge in [0.1, 0.15) is 6.61 Å². The normalized spacial score (nSPS) is 10.4. The molecule has 1 rings (SSSR count). The molecule has 0 atom stereocenters. The van der Waals surface area contributed by atoms with Crippen LogP contribution in [0.4, 0.5) is 0 Å². The van der Waals surface area contributed by atoms with E-state index in [0.717, 1.165) is 19.6 Å². The molecule has 1 aromatic rings. The van der Waals surface area contributed by atoms with Crippen LogP contribution in [0.3, 0.4) is 0 Å². The molecule has 1 heterocycles. The number of carbonyl (C=O) groups excluding carboxylic acids is 1. The van der Waals surface area contributed by atoms with Gasteiger partial charge in [-0.1, -0.05) is 13.8 Å². The molecule has 100 valence electrons. The molecule has 0 amide bonds. The van der Waals surface area contributed by atoms with Gasteiger partial charge < -0.3 is 14.4 Å². The van der Waals surface area contributed by atoms with Crippen LogP contribution in [0.25, 0.3) is 0 Å². The first kappa shape index (κ1) is 14.4. The molecule has 0 aliphatic carbocycles. The Morgan fingerprint density at radius 3 is 2.50 bits per heavy atom. The summed E-state index contributed by atoms with van der Waals surface area (Å²) in [6.07, 6.45) is 2.77. The van der Waals surface area contributed by atoms with Crippen LogP contribution in [-0.2, 0) is 4.74 Å². The van der Waals surface area contributed by atoms with Gasteiger partial charge in [-0.15, -0.1) is 0 Å². The number of carbonyl (C=O) groups is 1. The monoisotopic (exact) mass is 253 g/mol. The van der Waals surface area contributed by atoms with Crippen LogP contribution >= 0.6 is 0 Å². The number of hydrogen-bond donors (Lipinski definition) is 0. The molecule has 6 nitrogen and oxygen atoms in total. The lowest BCUT2D eigenvalue weighted by molar-refractivity contribution is 0.0593. The van der Waals surface area contributed by atoms with E-state index in [1.54, 1.807) is 0 Å². The van der Waals surface area contributed by atoms with Gasteiger partial charge in [0.15, 0.2) is 5.69 Å². The Morgan fingerprint density at radius 2 is 2.00 bits per heavy atom. The molecule has 0 saturated heterocycles. The summed E-state index contributed by atoms with van der Waals surface area (Å²) in [5.41, 5.74) is 0.175. The summed E-state index contributed by atoms with van der Waals surface area (Å²) in [5.74, 6) is -0.0907. The molecule has 0 unspecified atom stereocenters. The van der Waals surface area contributed by atoms with Crippen molar-refractivity contribution in [3.05, 3.63) is 18.1 Å². The molecule has 0 saturated carbocycles. The van der Waals surface area contributed by atoms with Crippen LogP contribution in [0, 0.1) is 0 Å². The molecule has 0 fully saturated rings. The number of hydrogen-bond acceptors (Lipinski definition) is 6. The zero-order chi connectivity index (χ0) is 13.4. The number of likely N-dealkylation sites (N-methyl/N-ethyl adjacent to an activating group) is 1. The highest BCUT2D eigenvalue weighted by atomic mass is 16.5. The van der Waals surface area contributed by atoms with Gasteiger partial charge >= 0.3 is 5.97 Å². The second-order valence-electron chi connectivity index (χ2n) is 3.61. The maximum Gasteiger partial charge on any atom is 0.358 e. The van der Waals surface area contributed by atoms with Crippen molar-refractivity contribution in [1.29, 1.82) is 0 Å². The zero-order valence-corrected chi connectivity index (χ0v) is 11.0. The first-order valence-electron chi connectivity index (χ1n) is 5.96. The minimum Gasteiger partial charge on any atom is -0.475 e. The number of esters is 1. The maximum atomic E-state index is 11.1. The Labute approximate surface area is 107 Å². The predicted molar refractivity (Wildman–Crippen MR) is 66.7 cm³/mol. The lowest BCUT2D eigenvalue weighted by Crippen LogP contribution is -2.28. The fraction of sp³-hybridized carbons (Fsp3) is 0.583. The lowest BCUT2D eigenvalue weighted by Gasteiger charge is -2.17. The van der Waals surface area contributed by atoms with Crippen LogP contribution < -0.4 is 4.74 Å². The molecule has 6 heteroatoms. The van der Waals surface area contributed by atoms with Crippen molar-refractivity contribution in [3.8, 4) is 5.88 Å². The average Bonchev–Trinajstić information content (AvgIpc) is 2.43. The Kier molecular flexibility index (Phi) is 6.07.